The molecule has 0 aliphatic carbocycles. The van der Waals surface area contributed by atoms with E-state index in [1.807, 2.05) is 53.4 Å². The molecular formula is C49H79N9O13. The smallest absolute Gasteiger partial charge is 0.410 e. The average Bonchev–Trinajstić information content (AvgIpc) is 3.86. The van der Waals surface area contributed by atoms with Crippen LogP contribution < -0.4 is 15.1 Å². The van der Waals surface area contributed by atoms with Crippen molar-refractivity contribution in [3.05, 3.63) is 22.5 Å². The highest BCUT2D eigenvalue weighted by molar-refractivity contribution is 5.98. The van der Waals surface area contributed by atoms with Gasteiger partial charge in [-0.25, -0.2) is 23.7 Å². The molecule has 3 amide bonds. The Bertz CT molecular complexity index is 2130. The maximum atomic E-state index is 13.7. The van der Waals surface area contributed by atoms with Crippen molar-refractivity contribution in [2.24, 2.45) is 0 Å². The second-order valence-electron chi connectivity index (χ2n) is 18.1. The van der Waals surface area contributed by atoms with Crippen molar-refractivity contribution >= 4 is 35.7 Å². The standard InChI is InChI=1S/C28H45N5O8.C21H34N4O5/c1-9-13-14-20-21(23(34)29-22(25(35)38-10-2)26(39-11-3)40-12-4)30-33(19-37-8)24(20)31-15-17-32(18-16-31)27(36)41-28(5,6)7;1-8-9-10-16-17(19(28-6)29-7)22-25(15-27-5)18(16)23-11-13-24(14-12-23)20(26)30-21(2,3)4/h22,26H,10-12,14-19H2,1-8H3,(H,29,34);19H,10-15H2,1-7H3. The van der Waals surface area contributed by atoms with E-state index in [0.717, 1.165) is 11.4 Å². The first-order valence-electron chi connectivity index (χ1n) is 23.9. The van der Waals surface area contributed by atoms with Gasteiger partial charge in [0.1, 0.15) is 42.0 Å². The lowest BCUT2D eigenvalue weighted by molar-refractivity contribution is -0.177. The number of aromatic nitrogens is 4. The maximum Gasteiger partial charge on any atom is 0.410 e. The molecule has 2 aliphatic rings. The van der Waals surface area contributed by atoms with Crippen molar-refractivity contribution in [3.8, 4) is 23.7 Å². The molecule has 0 aromatic carbocycles. The predicted octanol–water partition coefficient (Wildman–Crippen LogP) is 4.57. The Hall–Kier alpha value is -5.62. The molecule has 0 radical (unpaired) electrons. The zero-order valence-corrected chi connectivity index (χ0v) is 44.7. The van der Waals surface area contributed by atoms with Crippen LogP contribution in [0.25, 0.3) is 0 Å². The summed E-state index contributed by atoms with van der Waals surface area (Å²) in [6, 6.07) is -1.22. The molecule has 1 atom stereocenters. The Morgan fingerprint density at radius 3 is 1.46 bits per heavy atom. The molecule has 2 aromatic rings. The summed E-state index contributed by atoms with van der Waals surface area (Å²) in [5, 5.41) is 12.0. The maximum absolute atomic E-state index is 13.7. The van der Waals surface area contributed by atoms with Gasteiger partial charge in [-0.05, 0) is 76.2 Å². The molecule has 0 bridgehead atoms. The Labute approximate surface area is 420 Å². The summed E-state index contributed by atoms with van der Waals surface area (Å²) >= 11 is 0. The minimum Gasteiger partial charge on any atom is -0.464 e. The molecule has 2 fully saturated rings. The van der Waals surface area contributed by atoms with E-state index in [2.05, 4.69) is 39.0 Å². The van der Waals surface area contributed by atoms with Crippen molar-refractivity contribution in [2.45, 2.75) is 132 Å². The fourth-order valence-electron chi connectivity index (χ4n) is 7.61. The third-order valence-corrected chi connectivity index (χ3v) is 10.5. The van der Waals surface area contributed by atoms with Crippen LogP contribution >= 0.6 is 0 Å². The summed E-state index contributed by atoms with van der Waals surface area (Å²) in [7, 11) is 6.32. The van der Waals surface area contributed by atoms with Gasteiger partial charge in [0, 0.05) is 118 Å². The zero-order valence-electron chi connectivity index (χ0n) is 44.7. The number of ether oxygens (including phenoxy) is 9. The molecule has 1 N–H and O–H groups in total. The summed E-state index contributed by atoms with van der Waals surface area (Å²) in [5.74, 6) is 12.3. The van der Waals surface area contributed by atoms with Crippen molar-refractivity contribution in [1.29, 1.82) is 0 Å². The topological polar surface area (TPSA) is 212 Å². The Morgan fingerprint density at radius 1 is 0.634 bits per heavy atom. The summed E-state index contributed by atoms with van der Waals surface area (Å²) in [6.07, 6.45) is -1.56. The van der Waals surface area contributed by atoms with Gasteiger partial charge in [-0.2, -0.15) is 10.2 Å². The van der Waals surface area contributed by atoms with E-state index in [9.17, 15) is 19.2 Å². The average molecular weight is 1000 g/mol. The number of nitrogens with zero attached hydrogens (tertiary/aromatic N) is 8. The first-order valence-corrected chi connectivity index (χ1v) is 23.9. The summed E-state index contributed by atoms with van der Waals surface area (Å²) in [5.41, 5.74) is 1.19. The van der Waals surface area contributed by atoms with Crippen LogP contribution in [0.2, 0.25) is 0 Å². The number of esters is 1. The van der Waals surface area contributed by atoms with Crippen LogP contribution in [0.4, 0.5) is 21.2 Å². The van der Waals surface area contributed by atoms with Crippen molar-refractivity contribution in [1.82, 2.24) is 34.7 Å². The van der Waals surface area contributed by atoms with Gasteiger partial charge in [0.25, 0.3) is 5.91 Å². The van der Waals surface area contributed by atoms with E-state index in [1.54, 1.807) is 68.2 Å². The fourth-order valence-corrected chi connectivity index (χ4v) is 7.61. The van der Waals surface area contributed by atoms with Gasteiger partial charge in [-0.1, -0.05) is 11.8 Å². The highest BCUT2D eigenvalue weighted by Crippen LogP contribution is 2.32. The van der Waals surface area contributed by atoms with E-state index in [1.165, 1.54) is 7.11 Å². The molecule has 1 unspecified atom stereocenters. The van der Waals surface area contributed by atoms with Crippen LogP contribution in [-0.4, -0.2) is 178 Å². The van der Waals surface area contributed by atoms with E-state index < -0.39 is 41.7 Å². The van der Waals surface area contributed by atoms with Crippen LogP contribution in [0.5, 0.6) is 0 Å². The number of carbonyl (C=O) groups is 4. The number of piperazine rings is 2. The monoisotopic (exact) mass is 1000 g/mol. The Kier molecular flexibility index (Phi) is 24.4. The van der Waals surface area contributed by atoms with E-state index in [0.29, 0.717) is 75.9 Å². The van der Waals surface area contributed by atoms with Crippen LogP contribution in [0, 0.1) is 23.7 Å². The van der Waals surface area contributed by atoms with Gasteiger partial charge in [0.05, 0.1) is 6.61 Å². The Morgan fingerprint density at radius 2 is 1.07 bits per heavy atom. The lowest BCUT2D eigenvalue weighted by Crippen LogP contribution is -2.52. The minimum absolute atomic E-state index is 0.0727. The van der Waals surface area contributed by atoms with Crippen LogP contribution in [0.15, 0.2) is 0 Å². The number of rotatable bonds is 20. The van der Waals surface area contributed by atoms with Crippen LogP contribution in [0.1, 0.15) is 110 Å². The lowest BCUT2D eigenvalue weighted by atomic mass is 10.1. The molecular weight excluding hydrogens is 923 g/mol. The van der Waals surface area contributed by atoms with Crippen molar-refractivity contribution < 1.29 is 61.8 Å². The molecule has 0 spiro atoms. The fraction of sp³-hybridized carbons (Fsp3) is 0.714. The highest BCUT2D eigenvalue weighted by Gasteiger charge is 2.37. The molecule has 2 aromatic heterocycles. The highest BCUT2D eigenvalue weighted by atomic mass is 16.7. The molecule has 4 rings (SSSR count). The van der Waals surface area contributed by atoms with E-state index in [-0.39, 0.29) is 57.6 Å². The van der Waals surface area contributed by atoms with Gasteiger partial charge in [0.2, 0.25) is 6.29 Å². The summed E-state index contributed by atoms with van der Waals surface area (Å²) in [6.45, 7) is 25.0. The largest absolute Gasteiger partial charge is 0.464 e. The third kappa shape index (κ3) is 17.6. The lowest BCUT2D eigenvalue weighted by Gasteiger charge is -2.37. The van der Waals surface area contributed by atoms with Gasteiger partial charge >= 0.3 is 18.2 Å². The summed E-state index contributed by atoms with van der Waals surface area (Å²) in [4.78, 5) is 59.2. The van der Waals surface area contributed by atoms with Crippen LogP contribution in [-0.2, 0) is 73.7 Å². The molecule has 398 valence electrons. The van der Waals surface area contributed by atoms with Crippen molar-refractivity contribution in [3.63, 3.8) is 0 Å². The molecule has 0 saturated carbocycles. The molecule has 22 heteroatoms. The van der Waals surface area contributed by atoms with E-state index >= 15 is 0 Å². The van der Waals surface area contributed by atoms with Crippen LogP contribution in [0.3, 0.4) is 0 Å². The van der Waals surface area contributed by atoms with Gasteiger partial charge in [-0.3, -0.25) is 4.79 Å². The molecule has 2 aliphatic heterocycles. The normalized spacial score (nSPS) is 14.5. The number of methoxy groups -OCH3 is 4. The number of nitrogens with one attached hydrogen (secondary N) is 1. The zero-order chi connectivity index (χ0) is 52.9. The number of anilines is 2. The summed E-state index contributed by atoms with van der Waals surface area (Å²) < 4.78 is 52.5. The Balaban J connectivity index is 0.000000393. The third-order valence-electron chi connectivity index (χ3n) is 10.5. The number of carbonyl (C=O) groups excluding carboxylic acids is 4. The second-order valence-corrected chi connectivity index (χ2v) is 18.1. The van der Waals surface area contributed by atoms with Crippen molar-refractivity contribution in [2.75, 3.05) is 110 Å². The minimum atomic E-state index is -1.22. The van der Waals surface area contributed by atoms with Gasteiger partial charge in [0.15, 0.2) is 18.0 Å². The molecule has 4 heterocycles. The second kappa shape index (κ2) is 29.0. The van der Waals surface area contributed by atoms with Gasteiger partial charge < -0.3 is 67.5 Å². The SMILES string of the molecule is CC#CCc1c(C(=O)NC(C(=O)OCC)C(OCC)OCC)nn(COC)c1N1CCN(C(=O)OC(C)(C)C)CC1.CC#CCc1c(C(OC)OC)nn(COC)c1N1CCN(C(=O)OC(C)(C)C)CC1. The number of hydrogen-bond donors (Lipinski definition) is 1. The number of hydrogen-bond acceptors (Lipinski definition) is 17. The molecule has 22 nitrogen and oxygen atoms in total. The quantitative estimate of drug-likeness (QED) is 0.0833. The predicted molar refractivity (Wildman–Crippen MR) is 265 cm³/mol. The molecule has 2 saturated heterocycles. The van der Waals surface area contributed by atoms with E-state index in [4.69, 9.17) is 47.7 Å². The number of amides is 3. The van der Waals surface area contributed by atoms with Gasteiger partial charge in [-0.15, -0.1) is 11.8 Å². The first kappa shape index (κ1) is 59.7. The first-order chi connectivity index (χ1) is 33.8. The molecule has 71 heavy (non-hydrogen) atoms.